The molecule has 2 nitrogen and oxygen atoms in total. The topological polar surface area (TPSA) is 15.3 Å². The zero-order valence-corrected chi connectivity index (χ0v) is 12.4. The lowest BCUT2D eigenvalue weighted by Crippen LogP contribution is -2.64. The van der Waals surface area contributed by atoms with Gasteiger partial charge in [0.05, 0.1) is 0 Å². The van der Waals surface area contributed by atoms with Crippen molar-refractivity contribution >= 4 is 11.8 Å². The molecular weight excluding hydrogens is 216 g/mol. The fourth-order valence-corrected chi connectivity index (χ4v) is 3.41. The average molecular weight is 244 g/mol. The van der Waals surface area contributed by atoms with E-state index in [2.05, 4.69) is 44.2 Å². The molecule has 0 spiro atoms. The first kappa shape index (κ1) is 14.3. The SMILES string of the molecule is CCC1CNC(C)(C)CN1C(CC)CSC. The Kier molecular flexibility index (Phi) is 5.62. The van der Waals surface area contributed by atoms with Crippen LogP contribution in [0.15, 0.2) is 0 Å². The van der Waals surface area contributed by atoms with E-state index in [1.54, 1.807) is 0 Å². The lowest BCUT2D eigenvalue weighted by molar-refractivity contribution is 0.0588. The number of hydrogen-bond donors (Lipinski definition) is 1. The molecule has 2 unspecified atom stereocenters. The maximum Gasteiger partial charge on any atom is 0.0253 e. The standard InChI is InChI=1S/C13H28N2S/c1-6-11-8-14-13(3,4)10-15(11)12(7-2)9-16-5/h11-12,14H,6-10H2,1-5H3. The van der Waals surface area contributed by atoms with Gasteiger partial charge < -0.3 is 5.32 Å². The molecule has 0 aromatic heterocycles. The quantitative estimate of drug-likeness (QED) is 0.800. The maximum atomic E-state index is 3.66. The number of hydrogen-bond acceptors (Lipinski definition) is 3. The highest BCUT2D eigenvalue weighted by atomic mass is 32.2. The smallest absolute Gasteiger partial charge is 0.0253 e. The van der Waals surface area contributed by atoms with Gasteiger partial charge in [-0.15, -0.1) is 0 Å². The molecule has 1 aliphatic heterocycles. The van der Waals surface area contributed by atoms with Crippen LogP contribution in [0.3, 0.4) is 0 Å². The van der Waals surface area contributed by atoms with Crippen molar-refractivity contribution < 1.29 is 0 Å². The van der Waals surface area contributed by atoms with Gasteiger partial charge in [-0.3, -0.25) is 4.90 Å². The largest absolute Gasteiger partial charge is 0.309 e. The first-order valence-corrected chi connectivity index (χ1v) is 7.93. The molecule has 1 N–H and O–H groups in total. The number of thioether (sulfide) groups is 1. The van der Waals surface area contributed by atoms with Gasteiger partial charge in [-0.2, -0.15) is 11.8 Å². The minimum absolute atomic E-state index is 0.275. The highest BCUT2D eigenvalue weighted by molar-refractivity contribution is 7.98. The highest BCUT2D eigenvalue weighted by Gasteiger charge is 2.34. The van der Waals surface area contributed by atoms with Crippen LogP contribution in [0.5, 0.6) is 0 Å². The minimum atomic E-state index is 0.275. The van der Waals surface area contributed by atoms with Gasteiger partial charge in [0.25, 0.3) is 0 Å². The van der Waals surface area contributed by atoms with E-state index in [-0.39, 0.29) is 5.54 Å². The summed E-state index contributed by atoms with van der Waals surface area (Å²) >= 11 is 1.98. The van der Waals surface area contributed by atoms with Gasteiger partial charge in [0, 0.05) is 36.5 Å². The van der Waals surface area contributed by atoms with Gasteiger partial charge in [-0.25, -0.2) is 0 Å². The van der Waals surface area contributed by atoms with Gasteiger partial charge in [0.1, 0.15) is 0 Å². The Morgan fingerprint density at radius 3 is 2.62 bits per heavy atom. The van der Waals surface area contributed by atoms with Crippen molar-refractivity contribution in [2.75, 3.05) is 25.1 Å². The van der Waals surface area contributed by atoms with E-state index in [1.165, 1.54) is 25.1 Å². The molecule has 1 fully saturated rings. The Bertz CT molecular complexity index is 206. The molecule has 0 aliphatic carbocycles. The van der Waals surface area contributed by atoms with E-state index in [4.69, 9.17) is 0 Å². The summed E-state index contributed by atoms with van der Waals surface area (Å²) < 4.78 is 0. The van der Waals surface area contributed by atoms with Crippen LogP contribution in [0.2, 0.25) is 0 Å². The molecule has 1 heterocycles. The maximum absolute atomic E-state index is 3.66. The molecule has 0 amide bonds. The van der Waals surface area contributed by atoms with Crippen molar-refractivity contribution in [3.8, 4) is 0 Å². The van der Waals surface area contributed by atoms with Crippen LogP contribution in [0.1, 0.15) is 40.5 Å². The summed E-state index contributed by atoms with van der Waals surface area (Å²) in [7, 11) is 0. The first-order chi connectivity index (χ1) is 7.54. The molecule has 1 saturated heterocycles. The van der Waals surface area contributed by atoms with E-state index >= 15 is 0 Å². The summed E-state index contributed by atoms with van der Waals surface area (Å²) in [6.45, 7) is 11.6. The molecule has 0 saturated carbocycles. The molecule has 1 rings (SSSR count). The van der Waals surface area contributed by atoms with Gasteiger partial charge in [0.2, 0.25) is 0 Å². The van der Waals surface area contributed by atoms with Crippen molar-refractivity contribution in [3.63, 3.8) is 0 Å². The predicted octanol–water partition coefficient (Wildman–Crippen LogP) is 2.59. The summed E-state index contributed by atoms with van der Waals surface area (Å²) in [5.74, 6) is 1.27. The lowest BCUT2D eigenvalue weighted by Gasteiger charge is -2.48. The Morgan fingerprint density at radius 2 is 2.12 bits per heavy atom. The molecule has 1 aliphatic rings. The monoisotopic (exact) mass is 244 g/mol. The van der Waals surface area contributed by atoms with Crippen molar-refractivity contribution in [3.05, 3.63) is 0 Å². The third-order valence-corrected chi connectivity index (χ3v) is 4.35. The second-order valence-corrected chi connectivity index (χ2v) is 6.43. The number of nitrogens with zero attached hydrogens (tertiary/aromatic N) is 1. The van der Waals surface area contributed by atoms with Crippen LogP contribution in [0, 0.1) is 0 Å². The predicted molar refractivity (Wildman–Crippen MR) is 75.3 cm³/mol. The van der Waals surface area contributed by atoms with Crippen LogP contribution in [-0.2, 0) is 0 Å². The third kappa shape index (κ3) is 3.64. The molecule has 0 aromatic rings. The number of piperazine rings is 1. The Hall–Kier alpha value is 0.270. The molecule has 0 aromatic carbocycles. The zero-order chi connectivity index (χ0) is 12.2. The highest BCUT2D eigenvalue weighted by Crippen LogP contribution is 2.22. The molecule has 3 heteroatoms. The minimum Gasteiger partial charge on any atom is -0.309 e. The van der Waals surface area contributed by atoms with Crippen LogP contribution in [0.4, 0.5) is 0 Å². The number of rotatable bonds is 5. The van der Waals surface area contributed by atoms with Crippen LogP contribution in [0.25, 0.3) is 0 Å². The Balaban J connectivity index is 2.69. The van der Waals surface area contributed by atoms with Gasteiger partial charge in [0.15, 0.2) is 0 Å². The molecule has 16 heavy (non-hydrogen) atoms. The van der Waals surface area contributed by atoms with Crippen LogP contribution in [-0.4, -0.2) is 47.6 Å². The van der Waals surface area contributed by atoms with E-state index in [0.29, 0.717) is 0 Å². The normalized spacial score (nSPS) is 27.9. The second-order valence-electron chi connectivity index (χ2n) is 5.52. The van der Waals surface area contributed by atoms with E-state index < -0.39 is 0 Å². The summed E-state index contributed by atoms with van der Waals surface area (Å²) in [5.41, 5.74) is 0.275. The van der Waals surface area contributed by atoms with Gasteiger partial charge >= 0.3 is 0 Å². The summed E-state index contributed by atoms with van der Waals surface area (Å²) in [4.78, 5) is 2.74. The van der Waals surface area contributed by atoms with E-state index in [0.717, 1.165) is 18.6 Å². The average Bonchev–Trinajstić information content (AvgIpc) is 2.25. The van der Waals surface area contributed by atoms with Crippen LogP contribution < -0.4 is 5.32 Å². The van der Waals surface area contributed by atoms with Gasteiger partial charge in [-0.1, -0.05) is 13.8 Å². The fraction of sp³-hybridized carbons (Fsp3) is 1.00. The zero-order valence-electron chi connectivity index (χ0n) is 11.5. The van der Waals surface area contributed by atoms with Crippen LogP contribution >= 0.6 is 11.8 Å². The molecular formula is C13H28N2S. The molecule has 96 valence electrons. The number of nitrogens with one attached hydrogen (secondary N) is 1. The van der Waals surface area contributed by atoms with Gasteiger partial charge in [-0.05, 0) is 32.9 Å². The molecule has 0 radical (unpaired) electrons. The van der Waals surface area contributed by atoms with Crippen molar-refractivity contribution in [2.45, 2.75) is 58.2 Å². The lowest BCUT2D eigenvalue weighted by atomic mass is 9.95. The fourth-order valence-electron chi connectivity index (χ4n) is 2.60. The van der Waals surface area contributed by atoms with Crippen molar-refractivity contribution in [1.82, 2.24) is 10.2 Å². The molecule has 0 bridgehead atoms. The summed E-state index contributed by atoms with van der Waals surface area (Å²) in [6.07, 6.45) is 4.75. The third-order valence-electron chi connectivity index (χ3n) is 3.63. The Morgan fingerprint density at radius 1 is 1.44 bits per heavy atom. The first-order valence-electron chi connectivity index (χ1n) is 6.53. The Labute approximate surface area is 106 Å². The van der Waals surface area contributed by atoms with Crippen molar-refractivity contribution in [1.29, 1.82) is 0 Å². The van der Waals surface area contributed by atoms with E-state index in [1.807, 2.05) is 11.8 Å². The van der Waals surface area contributed by atoms with Crippen molar-refractivity contribution in [2.24, 2.45) is 0 Å². The van der Waals surface area contributed by atoms with E-state index in [9.17, 15) is 0 Å². The summed E-state index contributed by atoms with van der Waals surface area (Å²) in [5, 5.41) is 3.66. The second kappa shape index (κ2) is 6.27. The summed E-state index contributed by atoms with van der Waals surface area (Å²) in [6, 6.07) is 1.48. The molecule has 2 atom stereocenters.